The van der Waals surface area contributed by atoms with Gasteiger partial charge < -0.3 is 20.1 Å². The van der Waals surface area contributed by atoms with Crippen LogP contribution in [-0.2, 0) is 0 Å². The average molecular weight is 349 g/mol. The molecule has 6 nitrogen and oxygen atoms in total. The Balaban J connectivity index is 1.76. The first-order chi connectivity index (χ1) is 12.7. The molecule has 0 atom stereocenters. The van der Waals surface area contributed by atoms with Gasteiger partial charge in [-0.2, -0.15) is 0 Å². The van der Waals surface area contributed by atoms with Gasteiger partial charge in [0.2, 0.25) is 0 Å². The molecule has 0 bridgehead atoms. The molecular weight excluding hydrogens is 330 g/mol. The van der Waals surface area contributed by atoms with Crippen molar-refractivity contribution in [1.29, 1.82) is 0 Å². The lowest BCUT2D eigenvalue weighted by Crippen LogP contribution is -2.13. The fourth-order valence-electron chi connectivity index (χ4n) is 2.43. The highest BCUT2D eigenvalue weighted by Gasteiger charge is 2.09. The van der Waals surface area contributed by atoms with Crippen molar-refractivity contribution in [3.05, 3.63) is 72.6 Å². The van der Waals surface area contributed by atoms with Crippen molar-refractivity contribution in [1.82, 2.24) is 4.98 Å². The van der Waals surface area contributed by atoms with Crippen molar-refractivity contribution in [3.63, 3.8) is 0 Å². The van der Waals surface area contributed by atoms with E-state index in [2.05, 4.69) is 15.6 Å². The fourth-order valence-corrected chi connectivity index (χ4v) is 2.43. The normalized spacial score (nSPS) is 10.1. The number of aromatic nitrogens is 1. The van der Waals surface area contributed by atoms with Crippen LogP contribution in [0.2, 0.25) is 0 Å². The second-order valence-electron chi connectivity index (χ2n) is 5.44. The zero-order chi connectivity index (χ0) is 18.4. The largest absolute Gasteiger partial charge is 0.493 e. The van der Waals surface area contributed by atoms with E-state index in [4.69, 9.17) is 9.47 Å². The summed E-state index contributed by atoms with van der Waals surface area (Å²) in [5.74, 6) is 0.997. The van der Waals surface area contributed by atoms with Crippen LogP contribution in [0.1, 0.15) is 10.5 Å². The highest BCUT2D eigenvalue weighted by atomic mass is 16.5. The van der Waals surface area contributed by atoms with E-state index in [0.29, 0.717) is 17.2 Å². The number of anilines is 3. The number of benzene rings is 2. The third-order valence-electron chi connectivity index (χ3n) is 3.70. The molecule has 0 radical (unpaired) electrons. The SMILES string of the molecule is COc1ccc(Nc2ccnc(C(=O)Nc3ccccc3)c2)cc1OC. The molecule has 0 saturated heterocycles. The Kier molecular flexibility index (Phi) is 5.34. The molecule has 1 amide bonds. The van der Waals surface area contributed by atoms with E-state index in [1.165, 1.54) is 0 Å². The van der Waals surface area contributed by atoms with Crippen LogP contribution in [0.15, 0.2) is 66.9 Å². The fraction of sp³-hybridized carbons (Fsp3) is 0.100. The zero-order valence-electron chi connectivity index (χ0n) is 14.5. The zero-order valence-corrected chi connectivity index (χ0v) is 14.5. The molecule has 0 fully saturated rings. The molecule has 0 aliphatic heterocycles. The molecule has 0 aliphatic rings. The molecule has 6 heteroatoms. The Morgan fingerprint density at radius 3 is 2.31 bits per heavy atom. The monoisotopic (exact) mass is 349 g/mol. The van der Waals surface area contributed by atoms with E-state index in [0.717, 1.165) is 17.1 Å². The molecule has 132 valence electrons. The number of pyridine rings is 1. The molecule has 26 heavy (non-hydrogen) atoms. The molecule has 2 N–H and O–H groups in total. The van der Waals surface area contributed by atoms with Crippen LogP contribution in [-0.4, -0.2) is 25.1 Å². The van der Waals surface area contributed by atoms with E-state index in [1.54, 1.807) is 32.5 Å². The van der Waals surface area contributed by atoms with Gasteiger partial charge in [0, 0.05) is 29.3 Å². The Bertz CT molecular complexity index is 898. The summed E-state index contributed by atoms with van der Waals surface area (Å²) < 4.78 is 10.5. The second kappa shape index (κ2) is 8.02. The highest BCUT2D eigenvalue weighted by Crippen LogP contribution is 2.31. The second-order valence-corrected chi connectivity index (χ2v) is 5.44. The van der Waals surface area contributed by atoms with Gasteiger partial charge in [-0.05, 0) is 36.4 Å². The van der Waals surface area contributed by atoms with Gasteiger partial charge >= 0.3 is 0 Å². The van der Waals surface area contributed by atoms with Crippen molar-refractivity contribution in [2.24, 2.45) is 0 Å². The van der Waals surface area contributed by atoms with Gasteiger partial charge in [0.15, 0.2) is 11.5 Å². The minimum Gasteiger partial charge on any atom is -0.493 e. The molecule has 0 spiro atoms. The average Bonchev–Trinajstić information content (AvgIpc) is 2.69. The third kappa shape index (κ3) is 4.10. The first-order valence-electron chi connectivity index (χ1n) is 8.01. The maximum absolute atomic E-state index is 12.4. The molecular formula is C20H19N3O3. The molecule has 0 unspecified atom stereocenters. The van der Waals surface area contributed by atoms with Crippen molar-refractivity contribution < 1.29 is 14.3 Å². The summed E-state index contributed by atoms with van der Waals surface area (Å²) >= 11 is 0. The van der Waals surface area contributed by atoms with Gasteiger partial charge in [0.05, 0.1) is 14.2 Å². The number of rotatable bonds is 6. The van der Waals surface area contributed by atoms with Crippen LogP contribution in [0.3, 0.4) is 0 Å². The van der Waals surface area contributed by atoms with E-state index in [1.807, 2.05) is 48.5 Å². The van der Waals surface area contributed by atoms with Gasteiger partial charge in [0.25, 0.3) is 5.91 Å². The van der Waals surface area contributed by atoms with Crippen LogP contribution in [0.25, 0.3) is 0 Å². The number of hydrogen-bond donors (Lipinski definition) is 2. The van der Waals surface area contributed by atoms with Crippen LogP contribution in [0, 0.1) is 0 Å². The topological polar surface area (TPSA) is 72.5 Å². The number of para-hydroxylation sites is 1. The lowest BCUT2D eigenvalue weighted by molar-refractivity contribution is 0.102. The summed E-state index contributed by atoms with van der Waals surface area (Å²) in [7, 11) is 3.17. The quantitative estimate of drug-likeness (QED) is 0.701. The van der Waals surface area contributed by atoms with Gasteiger partial charge in [0.1, 0.15) is 5.69 Å². The van der Waals surface area contributed by atoms with E-state index in [9.17, 15) is 4.79 Å². The van der Waals surface area contributed by atoms with Gasteiger partial charge in [-0.25, -0.2) is 0 Å². The molecule has 3 rings (SSSR count). The Labute approximate surface area is 151 Å². The van der Waals surface area contributed by atoms with Crippen LogP contribution < -0.4 is 20.1 Å². The Morgan fingerprint density at radius 1 is 0.846 bits per heavy atom. The van der Waals surface area contributed by atoms with Gasteiger partial charge in [-0.1, -0.05) is 18.2 Å². The molecule has 3 aromatic rings. The first-order valence-corrected chi connectivity index (χ1v) is 8.01. The number of ether oxygens (including phenoxy) is 2. The predicted octanol–water partition coefficient (Wildman–Crippen LogP) is 4.09. The summed E-state index contributed by atoms with van der Waals surface area (Å²) in [6.07, 6.45) is 1.59. The van der Waals surface area contributed by atoms with Gasteiger partial charge in [-0.3, -0.25) is 9.78 Å². The summed E-state index contributed by atoms with van der Waals surface area (Å²) in [6, 6.07) is 18.2. The number of carbonyl (C=O) groups excluding carboxylic acids is 1. The summed E-state index contributed by atoms with van der Waals surface area (Å²) in [5, 5.41) is 6.05. The van der Waals surface area contributed by atoms with Crippen molar-refractivity contribution in [2.45, 2.75) is 0 Å². The third-order valence-corrected chi connectivity index (χ3v) is 3.70. The molecule has 1 aromatic heterocycles. The highest BCUT2D eigenvalue weighted by molar-refractivity contribution is 6.03. The summed E-state index contributed by atoms with van der Waals surface area (Å²) in [4.78, 5) is 16.5. The van der Waals surface area contributed by atoms with E-state index < -0.39 is 0 Å². The Hall–Kier alpha value is -3.54. The molecule has 0 saturated carbocycles. The standard InChI is InChI=1S/C20H19N3O3/c1-25-18-9-8-15(13-19(18)26-2)22-16-10-11-21-17(12-16)20(24)23-14-6-4-3-5-7-14/h3-13H,1-2H3,(H,21,22)(H,23,24). The number of hydrogen-bond acceptors (Lipinski definition) is 5. The molecule has 1 heterocycles. The van der Waals surface area contributed by atoms with E-state index >= 15 is 0 Å². The summed E-state index contributed by atoms with van der Waals surface area (Å²) in [6.45, 7) is 0. The van der Waals surface area contributed by atoms with Crippen molar-refractivity contribution in [3.8, 4) is 11.5 Å². The maximum atomic E-state index is 12.4. The first kappa shape index (κ1) is 17.3. The van der Waals surface area contributed by atoms with Gasteiger partial charge in [-0.15, -0.1) is 0 Å². The predicted molar refractivity (Wildman–Crippen MR) is 101 cm³/mol. The Morgan fingerprint density at radius 2 is 1.58 bits per heavy atom. The van der Waals surface area contributed by atoms with Crippen molar-refractivity contribution >= 4 is 23.0 Å². The van der Waals surface area contributed by atoms with Crippen LogP contribution >= 0.6 is 0 Å². The smallest absolute Gasteiger partial charge is 0.274 e. The van der Waals surface area contributed by atoms with Crippen molar-refractivity contribution in [2.75, 3.05) is 24.9 Å². The minimum atomic E-state index is -0.271. The van der Waals surface area contributed by atoms with Crippen LogP contribution in [0.5, 0.6) is 11.5 Å². The van der Waals surface area contributed by atoms with Crippen LogP contribution in [0.4, 0.5) is 17.1 Å². The number of carbonyl (C=O) groups is 1. The lowest BCUT2D eigenvalue weighted by Gasteiger charge is -2.12. The summed E-state index contributed by atoms with van der Waals surface area (Å²) in [5.41, 5.74) is 2.59. The van der Waals surface area contributed by atoms with E-state index in [-0.39, 0.29) is 5.91 Å². The number of amides is 1. The minimum absolute atomic E-state index is 0.271. The lowest BCUT2D eigenvalue weighted by atomic mass is 10.2. The molecule has 2 aromatic carbocycles. The number of nitrogens with zero attached hydrogens (tertiary/aromatic N) is 1. The maximum Gasteiger partial charge on any atom is 0.274 e. The molecule has 0 aliphatic carbocycles. The number of nitrogens with one attached hydrogen (secondary N) is 2. The number of methoxy groups -OCH3 is 2.